The smallest absolute Gasteiger partial charge is 0.264 e. The number of rotatable bonds is 7. The summed E-state index contributed by atoms with van der Waals surface area (Å²) in [5, 5.41) is 6.10. The zero-order chi connectivity index (χ0) is 23.3. The molecule has 0 aromatic heterocycles. The van der Waals surface area contributed by atoms with Crippen LogP contribution in [0.2, 0.25) is 0 Å². The summed E-state index contributed by atoms with van der Waals surface area (Å²) in [5.41, 5.74) is 2.11. The standard InChI is InChI=1S/C24H25FN4O3S/c25-20-8-4-5-9-23(20)33(31,32)28-21-16-19(10-11-22(21)29-14-12-26-13-15-29)24(30)27-17-18-6-2-1-3-7-18/h1-11,16,26,28H,12-15,17H2,(H,27,30). The second-order valence-corrected chi connectivity index (χ2v) is 9.32. The SMILES string of the molecule is O=C(NCc1ccccc1)c1ccc(N2CCNCC2)c(NS(=O)(=O)c2ccccc2F)c1. The highest BCUT2D eigenvalue weighted by atomic mass is 32.2. The van der Waals surface area contributed by atoms with Gasteiger partial charge in [0.2, 0.25) is 0 Å². The van der Waals surface area contributed by atoms with Gasteiger partial charge in [0, 0.05) is 38.3 Å². The van der Waals surface area contributed by atoms with Gasteiger partial charge in [-0.1, -0.05) is 42.5 Å². The third-order valence-electron chi connectivity index (χ3n) is 5.38. The molecule has 1 aliphatic heterocycles. The summed E-state index contributed by atoms with van der Waals surface area (Å²) in [6.45, 7) is 3.19. The van der Waals surface area contributed by atoms with Crippen LogP contribution in [-0.4, -0.2) is 40.5 Å². The Kier molecular flexibility index (Phi) is 6.90. The summed E-state index contributed by atoms with van der Waals surface area (Å²) in [7, 11) is -4.20. The maximum absolute atomic E-state index is 14.2. The van der Waals surface area contributed by atoms with E-state index in [0.29, 0.717) is 30.9 Å². The average Bonchev–Trinajstić information content (AvgIpc) is 2.83. The van der Waals surface area contributed by atoms with Crippen molar-refractivity contribution in [1.82, 2.24) is 10.6 Å². The second kappa shape index (κ2) is 10.0. The van der Waals surface area contributed by atoms with Crippen molar-refractivity contribution in [1.29, 1.82) is 0 Å². The van der Waals surface area contributed by atoms with Gasteiger partial charge in [-0.05, 0) is 35.9 Å². The minimum atomic E-state index is -4.20. The number of nitrogens with zero attached hydrogens (tertiary/aromatic N) is 1. The third-order valence-corrected chi connectivity index (χ3v) is 6.78. The first-order valence-electron chi connectivity index (χ1n) is 10.6. The van der Waals surface area contributed by atoms with Crippen molar-refractivity contribution in [3.05, 3.63) is 89.7 Å². The minimum absolute atomic E-state index is 0.229. The molecule has 3 aromatic rings. The molecule has 1 heterocycles. The molecule has 1 saturated heterocycles. The van der Waals surface area contributed by atoms with Crippen molar-refractivity contribution in [2.45, 2.75) is 11.4 Å². The molecule has 0 unspecified atom stereocenters. The molecule has 4 rings (SSSR count). The molecule has 1 aliphatic rings. The summed E-state index contributed by atoms with van der Waals surface area (Å²) >= 11 is 0. The van der Waals surface area contributed by atoms with E-state index in [4.69, 9.17) is 0 Å². The molecule has 0 aliphatic carbocycles. The first kappa shape index (κ1) is 22.8. The Morgan fingerprint density at radius 2 is 1.67 bits per heavy atom. The number of hydrogen-bond donors (Lipinski definition) is 3. The molecule has 3 aromatic carbocycles. The van der Waals surface area contributed by atoms with Gasteiger partial charge in [-0.25, -0.2) is 12.8 Å². The zero-order valence-electron chi connectivity index (χ0n) is 17.9. The molecule has 1 fully saturated rings. The van der Waals surface area contributed by atoms with E-state index in [0.717, 1.165) is 24.7 Å². The molecule has 3 N–H and O–H groups in total. The normalized spacial score (nSPS) is 14.0. The largest absolute Gasteiger partial charge is 0.367 e. The monoisotopic (exact) mass is 468 g/mol. The van der Waals surface area contributed by atoms with Crippen molar-refractivity contribution in [3.63, 3.8) is 0 Å². The summed E-state index contributed by atoms with van der Waals surface area (Å²) in [4.78, 5) is 14.4. The Labute approximate surface area is 192 Å². The van der Waals surface area contributed by atoms with Crippen LogP contribution in [0.15, 0.2) is 77.7 Å². The number of carbonyl (C=O) groups is 1. The van der Waals surface area contributed by atoms with Gasteiger partial charge in [-0.2, -0.15) is 0 Å². The number of sulfonamides is 1. The summed E-state index contributed by atoms with van der Waals surface area (Å²) in [5.74, 6) is -1.18. The first-order valence-corrected chi connectivity index (χ1v) is 12.1. The van der Waals surface area contributed by atoms with Crippen LogP contribution < -0.4 is 20.3 Å². The van der Waals surface area contributed by atoms with Crippen LogP contribution in [0.3, 0.4) is 0 Å². The van der Waals surface area contributed by atoms with Crippen molar-refractivity contribution in [2.75, 3.05) is 35.8 Å². The number of benzene rings is 3. The van der Waals surface area contributed by atoms with Gasteiger partial charge in [0.1, 0.15) is 10.7 Å². The van der Waals surface area contributed by atoms with Gasteiger partial charge in [-0.3, -0.25) is 9.52 Å². The van der Waals surface area contributed by atoms with Crippen molar-refractivity contribution in [2.24, 2.45) is 0 Å². The molecule has 0 spiro atoms. The molecular formula is C24H25FN4O3S. The van der Waals surface area contributed by atoms with Crippen LogP contribution in [0, 0.1) is 5.82 Å². The van der Waals surface area contributed by atoms with E-state index in [-0.39, 0.29) is 11.6 Å². The molecule has 7 nitrogen and oxygen atoms in total. The van der Waals surface area contributed by atoms with Crippen LogP contribution in [0.25, 0.3) is 0 Å². The van der Waals surface area contributed by atoms with Gasteiger partial charge in [0.25, 0.3) is 15.9 Å². The van der Waals surface area contributed by atoms with Crippen molar-refractivity contribution >= 4 is 27.3 Å². The maximum Gasteiger partial charge on any atom is 0.264 e. The van der Waals surface area contributed by atoms with Crippen molar-refractivity contribution in [3.8, 4) is 0 Å². The summed E-state index contributed by atoms with van der Waals surface area (Å²) < 4.78 is 42.6. The van der Waals surface area contributed by atoms with Crippen LogP contribution in [0.1, 0.15) is 15.9 Å². The van der Waals surface area contributed by atoms with Crippen LogP contribution in [-0.2, 0) is 16.6 Å². The number of carbonyl (C=O) groups excluding carboxylic acids is 1. The van der Waals surface area contributed by atoms with Crippen LogP contribution in [0.5, 0.6) is 0 Å². The predicted octanol–water partition coefficient (Wildman–Crippen LogP) is 2.97. The van der Waals surface area contributed by atoms with Gasteiger partial charge in [0.05, 0.1) is 11.4 Å². The lowest BCUT2D eigenvalue weighted by Crippen LogP contribution is -2.43. The van der Waals surface area contributed by atoms with Crippen molar-refractivity contribution < 1.29 is 17.6 Å². The number of piperazine rings is 1. The van der Waals surface area contributed by atoms with Gasteiger partial charge >= 0.3 is 0 Å². The first-order chi connectivity index (χ1) is 15.9. The van der Waals surface area contributed by atoms with E-state index in [1.165, 1.54) is 24.3 Å². The predicted molar refractivity (Wildman–Crippen MR) is 126 cm³/mol. The summed E-state index contributed by atoms with van der Waals surface area (Å²) in [6, 6.07) is 19.6. The topological polar surface area (TPSA) is 90.5 Å². The van der Waals surface area contributed by atoms with E-state index < -0.39 is 20.7 Å². The number of amides is 1. The van der Waals surface area contributed by atoms with E-state index in [1.54, 1.807) is 12.1 Å². The van der Waals surface area contributed by atoms with Gasteiger partial charge < -0.3 is 15.5 Å². The number of anilines is 2. The van der Waals surface area contributed by atoms with Gasteiger partial charge in [-0.15, -0.1) is 0 Å². The van der Waals surface area contributed by atoms with Crippen LogP contribution in [0.4, 0.5) is 15.8 Å². The lowest BCUT2D eigenvalue weighted by atomic mass is 10.1. The van der Waals surface area contributed by atoms with E-state index in [1.807, 2.05) is 35.2 Å². The molecule has 0 bridgehead atoms. The quantitative estimate of drug-likeness (QED) is 0.496. The zero-order valence-corrected chi connectivity index (χ0v) is 18.7. The molecule has 0 saturated carbocycles. The molecule has 33 heavy (non-hydrogen) atoms. The number of nitrogens with one attached hydrogen (secondary N) is 3. The average molecular weight is 469 g/mol. The molecule has 9 heteroatoms. The highest BCUT2D eigenvalue weighted by Crippen LogP contribution is 2.30. The molecule has 0 atom stereocenters. The van der Waals surface area contributed by atoms with Gasteiger partial charge in [0.15, 0.2) is 0 Å². The summed E-state index contributed by atoms with van der Waals surface area (Å²) in [6.07, 6.45) is 0. The maximum atomic E-state index is 14.2. The second-order valence-electron chi connectivity index (χ2n) is 7.67. The Bertz CT molecular complexity index is 1230. The molecule has 172 valence electrons. The third kappa shape index (κ3) is 5.50. The Balaban J connectivity index is 1.63. The fourth-order valence-corrected chi connectivity index (χ4v) is 4.83. The Morgan fingerprint density at radius 1 is 0.970 bits per heavy atom. The van der Waals surface area contributed by atoms with E-state index >= 15 is 0 Å². The fraction of sp³-hybridized carbons (Fsp3) is 0.208. The highest BCUT2D eigenvalue weighted by molar-refractivity contribution is 7.92. The molecule has 1 amide bonds. The lowest BCUT2D eigenvalue weighted by molar-refractivity contribution is 0.0951. The highest BCUT2D eigenvalue weighted by Gasteiger charge is 2.23. The van der Waals surface area contributed by atoms with Crippen LogP contribution >= 0.6 is 0 Å². The Morgan fingerprint density at radius 3 is 2.39 bits per heavy atom. The van der Waals surface area contributed by atoms with E-state index in [2.05, 4.69) is 15.4 Å². The molecule has 0 radical (unpaired) electrons. The fourth-order valence-electron chi connectivity index (χ4n) is 3.68. The number of hydrogen-bond acceptors (Lipinski definition) is 5. The number of halogens is 1. The molecular weight excluding hydrogens is 443 g/mol. The minimum Gasteiger partial charge on any atom is -0.367 e. The van der Waals surface area contributed by atoms with E-state index in [9.17, 15) is 17.6 Å². The lowest BCUT2D eigenvalue weighted by Gasteiger charge is -2.31. The Hall–Kier alpha value is -3.43.